The zero-order chi connectivity index (χ0) is 11.0. The van der Waals surface area contributed by atoms with Crippen molar-refractivity contribution in [2.45, 2.75) is 45.6 Å². The SMILES string of the molecule is CCCC=C(CC)C(O)CC(=O)OC. The van der Waals surface area contributed by atoms with Crippen LogP contribution < -0.4 is 0 Å². The third kappa shape index (κ3) is 5.02. The van der Waals surface area contributed by atoms with Gasteiger partial charge in [-0.25, -0.2) is 0 Å². The van der Waals surface area contributed by atoms with E-state index < -0.39 is 6.10 Å². The van der Waals surface area contributed by atoms with Gasteiger partial charge >= 0.3 is 5.97 Å². The predicted molar refractivity (Wildman–Crippen MR) is 55.9 cm³/mol. The summed E-state index contributed by atoms with van der Waals surface area (Å²) in [6.07, 6.45) is 4.15. The average molecular weight is 200 g/mol. The molecule has 82 valence electrons. The minimum atomic E-state index is -0.681. The van der Waals surface area contributed by atoms with E-state index in [1.807, 2.05) is 13.0 Å². The summed E-state index contributed by atoms with van der Waals surface area (Å²) >= 11 is 0. The number of carbonyl (C=O) groups is 1. The molecule has 0 aromatic rings. The maximum atomic E-state index is 10.9. The zero-order valence-corrected chi connectivity index (χ0v) is 9.25. The van der Waals surface area contributed by atoms with Crippen molar-refractivity contribution in [2.75, 3.05) is 7.11 Å². The molecule has 0 aromatic carbocycles. The molecule has 0 aliphatic heterocycles. The van der Waals surface area contributed by atoms with Gasteiger partial charge in [0.15, 0.2) is 0 Å². The van der Waals surface area contributed by atoms with Gasteiger partial charge in [0.05, 0.1) is 19.6 Å². The van der Waals surface area contributed by atoms with Gasteiger partial charge in [-0.15, -0.1) is 0 Å². The fraction of sp³-hybridized carbons (Fsp3) is 0.727. The molecule has 14 heavy (non-hydrogen) atoms. The Hall–Kier alpha value is -0.830. The molecule has 3 nitrogen and oxygen atoms in total. The topological polar surface area (TPSA) is 46.5 Å². The van der Waals surface area contributed by atoms with Crippen molar-refractivity contribution < 1.29 is 14.6 Å². The Bertz CT molecular complexity index is 197. The third-order valence-electron chi connectivity index (χ3n) is 2.12. The number of aliphatic hydroxyl groups is 1. The lowest BCUT2D eigenvalue weighted by atomic mass is 10.0. The zero-order valence-electron chi connectivity index (χ0n) is 9.25. The maximum Gasteiger partial charge on any atom is 0.308 e. The first-order valence-electron chi connectivity index (χ1n) is 5.09. The molecule has 1 atom stereocenters. The van der Waals surface area contributed by atoms with Crippen molar-refractivity contribution >= 4 is 5.97 Å². The lowest BCUT2D eigenvalue weighted by molar-refractivity contribution is -0.142. The van der Waals surface area contributed by atoms with Crippen LogP contribution in [0.3, 0.4) is 0 Å². The molecular formula is C11H20O3. The molecule has 0 amide bonds. The van der Waals surface area contributed by atoms with Crippen LogP contribution in [0, 0.1) is 0 Å². The minimum absolute atomic E-state index is 0.0554. The summed E-state index contributed by atoms with van der Waals surface area (Å²) in [5.74, 6) is -0.367. The van der Waals surface area contributed by atoms with Gasteiger partial charge in [0.2, 0.25) is 0 Å². The van der Waals surface area contributed by atoms with Gasteiger partial charge in [-0.2, -0.15) is 0 Å². The highest BCUT2D eigenvalue weighted by Gasteiger charge is 2.13. The average Bonchev–Trinajstić information content (AvgIpc) is 2.18. The second kappa shape index (κ2) is 7.56. The molecule has 0 fully saturated rings. The number of carbonyl (C=O) groups excluding carboxylic acids is 1. The molecule has 0 heterocycles. The molecule has 0 saturated carbocycles. The van der Waals surface area contributed by atoms with Crippen LogP contribution in [-0.2, 0) is 9.53 Å². The number of rotatable bonds is 6. The number of methoxy groups -OCH3 is 1. The standard InChI is InChI=1S/C11H20O3/c1-4-6-7-9(5-2)10(12)8-11(13)14-3/h7,10,12H,4-6,8H2,1-3H3. The van der Waals surface area contributed by atoms with Crippen molar-refractivity contribution in [2.24, 2.45) is 0 Å². The molecule has 0 radical (unpaired) electrons. The molecule has 0 aliphatic carbocycles. The molecule has 0 rings (SSSR count). The van der Waals surface area contributed by atoms with Crippen molar-refractivity contribution in [1.29, 1.82) is 0 Å². The fourth-order valence-corrected chi connectivity index (χ4v) is 1.22. The normalized spacial score (nSPS) is 13.9. The van der Waals surface area contributed by atoms with Crippen molar-refractivity contribution in [3.63, 3.8) is 0 Å². The van der Waals surface area contributed by atoms with Gasteiger partial charge < -0.3 is 9.84 Å². The van der Waals surface area contributed by atoms with Gasteiger partial charge in [0, 0.05) is 0 Å². The van der Waals surface area contributed by atoms with Crippen molar-refractivity contribution in [3.05, 3.63) is 11.6 Å². The number of hydrogen-bond acceptors (Lipinski definition) is 3. The van der Waals surface area contributed by atoms with Crippen LogP contribution in [-0.4, -0.2) is 24.3 Å². The number of aliphatic hydroxyl groups excluding tert-OH is 1. The number of esters is 1. The van der Waals surface area contributed by atoms with Crippen LogP contribution in [0.1, 0.15) is 39.5 Å². The highest BCUT2D eigenvalue weighted by Crippen LogP contribution is 2.12. The number of hydrogen-bond donors (Lipinski definition) is 1. The number of unbranched alkanes of at least 4 members (excludes halogenated alkanes) is 1. The molecule has 1 N–H and O–H groups in total. The van der Waals surface area contributed by atoms with Crippen LogP contribution >= 0.6 is 0 Å². The molecule has 3 heteroatoms. The van der Waals surface area contributed by atoms with E-state index in [1.54, 1.807) is 0 Å². The van der Waals surface area contributed by atoms with E-state index in [2.05, 4.69) is 11.7 Å². The minimum Gasteiger partial charge on any atom is -0.469 e. The summed E-state index contributed by atoms with van der Waals surface area (Å²) < 4.78 is 4.49. The predicted octanol–water partition coefficient (Wildman–Crippen LogP) is 2.05. The summed E-state index contributed by atoms with van der Waals surface area (Å²) in [6.45, 7) is 4.05. The first kappa shape index (κ1) is 13.2. The van der Waals surface area contributed by atoms with E-state index >= 15 is 0 Å². The second-order valence-corrected chi connectivity index (χ2v) is 3.22. The van der Waals surface area contributed by atoms with Crippen LogP contribution in [0.15, 0.2) is 11.6 Å². The first-order chi connectivity index (χ1) is 6.65. The Morgan fingerprint density at radius 2 is 2.14 bits per heavy atom. The quantitative estimate of drug-likeness (QED) is 0.527. The summed E-state index contributed by atoms with van der Waals surface area (Å²) in [5.41, 5.74) is 0.928. The first-order valence-corrected chi connectivity index (χ1v) is 5.09. The van der Waals surface area contributed by atoms with Gasteiger partial charge in [0.25, 0.3) is 0 Å². The molecule has 0 aromatic heterocycles. The van der Waals surface area contributed by atoms with Crippen molar-refractivity contribution in [1.82, 2.24) is 0 Å². The summed E-state index contributed by atoms with van der Waals surface area (Å²) in [5, 5.41) is 9.67. The van der Waals surface area contributed by atoms with E-state index in [0.29, 0.717) is 0 Å². The van der Waals surface area contributed by atoms with E-state index in [-0.39, 0.29) is 12.4 Å². The lowest BCUT2D eigenvalue weighted by Crippen LogP contribution is -2.16. The highest BCUT2D eigenvalue weighted by molar-refractivity contribution is 5.70. The maximum absolute atomic E-state index is 10.9. The smallest absolute Gasteiger partial charge is 0.308 e. The Labute approximate surface area is 85.8 Å². The van der Waals surface area contributed by atoms with E-state index in [4.69, 9.17) is 0 Å². The van der Waals surface area contributed by atoms with Crippen molar-refractivity contribution in [3.8, 4) is 0 Å². The highest BCUT2D eigenvalue weighted by atomic mass is 16.5. The van der Waals surface area contributed by atoms with Gasteiger partial charge in [0.1, 0.15) is 0 Å². The summed E-state index contributed by atoms with van der Waals surface area (Å²) in [6, 6.07) is 0. The molecular weight excluding hydrogens is 180 g/mol. The van der Waals surface area contributed by atoms with Crippen LogP contribution in [0.25, 0.3) is 0 Å². The number of ether oxygens (including phenoxy) is 1. The summed E-state index contributed by atoms with van der Waals surface area (Å²) in [4.78, 5) is 10.9. The molecule has 1 unspecified atom stereocenters. The molecule has 0 aliphatic rings. The number of allylic oxidation sites excluding steroid dienone is 1. The molecule has 0 saturated heterocycles. The van der Waals surface area contributed by atoms with E-state index in [9.17, 15) is 9.90 Å². The van der Waals surface area contributed by atoms with Crippen LogP contribution in [0.2, 0.25) is 0 Å². The Kier molecular flexibility index (Phi) is 7.11. The van der Waals surface area contributed by atoms with Gasteiger partial charge in [-0.1, -0.05) is 26.3 Å². The van der Waals surface area contributed by atoms with E-state index in [1.165, 1.54) is 7.11 Å². The Morgan fingerprint density at radius 3 is 2.57 bits per heavy atom. The lowest BCUT2D eigenvalue weighted by Gasteiger charge is -2.12. The fourth-order valence-electron chi connectivity index (χ4n) is 1.22. The van der Waals surface area contributed by atoms with Crippen LogP contribution in [0.5, 0.6) is 0 Å². The Balaban J connectivity index is 4.16. The monoisotopic (exact) mass is 200 g/mol. The van der Waals surface area contributed by atoms with E-state index in [0.717, 1.165) is 24.8 Å². The third-order valence-corrected chi connectivity index (χ3v) is 2.12. The van der Waals surface area contributed by atoms with Crippen LogP contribution in [0.4, 0.5) is 0 Å². The van der Waals surface area contributed by atoms with Gasteiger partial charge in [-0.05, 0) is 18.4 Å². The summed E-state index contributed by atoms with van der Waals surface area (Å²) in [7, 11) is 1.33. The second-order valence-electron chi connectivity index (χ2n) is 3.22. The largest absolute Gasteiger partial charge is 0.469 e. The molecule has 0 spiro atoms. The molecule has 0 bridgehead atoms. The van der Waals surface area contributed by atoms with Gasteiger partial charge in [-0.3, -0.25) is 4.79 Å². The Morgan fingerprint density at radius 1 is 1.50 bits per heavy atom.